The van der Waals surface area contributed by atoms with Crippen LogP contribution in [0.2, 0.25) is 0 Å². The van der Waals surface area contributed by atoms with Crippen LogP contribution in [0.5, 0.6) is 0 Å². The molecule has 1 aliphatic carbocycles. The number of fused-ring (bicyclic) bond motifs is 1. The van der Waals surface area contributed by atoms with Crippen molar-refractivity contribution in [1.82, 2.24) is 0 Å². The third-order valence-electron chi connectivity index (χ3n) is 4.86. The molecule has 0 aromatic carbocycles. The summed E-state index contributed by atoms with van der Waals surface area (Å²) in [5, 5.41) is 0. The third kappa shape index (κ3) is 1.79. The SMILES string of the molecule is CC12CCOCCC1CC1(CC2)OCCO1. The summed E-state index contributed by atoms with van der Waals surface area (Å²) >= 11 is 0. The van der Waals surface area contributed by atoms with Crippen LogP contribution in [0.25, 0.3) is 0 Å². The predicted molar refractivity (Wildman–Crippen MR) is 60.1 cm³/mol. The van der Waals surface area contributed by atoms with E-state index >= 15 is 0 Å². The lowest BCUT2D eigenvalue weighted by Gasteiger charge is -2.46. The number of rotatable bonds is 0. The minimum absolute atomic E-state index is 0.228. The van der Waals surface area contributed by atoms with Crippen molar-refractivity contribution in [2.45, 2.75) is 44.8 Å². The van der Waals surface area contributed by atoms with Gasteiger partial charge < -0.3 is 14.2 Å². The Bertz CT molecular complexity index is 260. The molecule has 3 heteroatoms. The molecule has 0 aromatic rings. The fraction of sp³-hybridized carbons (Fsp3) is 1.00. The molecule has 3 nitrogen and oxygen atoms in total. The molecule has 3 aliphatic rings. The summed E-state index contributed by atoms with van der Waals surface area (Å²) in [6.45, 7) is 5.83. The first-order chi connectivity index (χ1) is 7.73. The Labute approximate surface area is 97.4 Å². The van der Waals surface area contributed by atoms with Gasteiger partial charge in [0.25, 0.3) is 0 Å². The second-order valence-electron chi connectivity index (χ2n) is 5.81. The fourth-order valence-corrected chi connectivity index (χ4v) is 3.58. The van der Waals surface area contributed by atoms with Crippen LogP contribution in [0.15, 0.2) is 0 Å². The van der Waals surface area contributed by atoms with Crippen molar-refractivity contribution in [3.8, 4) is 0 Å². The topological polar surface area (TPSA) is 27.7 Å². The Morgan fingerprint density at radius 3 is 2.56 bits per heavy atom. The second kappa shape index (κ2) is 3.97. The highest BCUT2D eigenvalue weighted by Gasteiger charge is 2.49. The molecule has 2 unspecified atom stereocenters. The number of hydrogen-bond acceptors (Lipinski definition) is 3. The van der Waals surface area contributed by atoms with E-state index in [0.29, 0.717) is 11.3 Å². The molecule has 16 heavy (non-hydrogen) atoms. The highest BCUT2D eigenvalue weighted by Crippen LogP contribution is 2.52. The first kappa shape index (κ1) is 11.0. The zero-order valence-corrected chi connectivity index (χ0v) is 10.2. The van der Waals surface area contributed by atoms with E-state index in [1.165, 1.54) is 19.3 Å². The lowest BCUT2D eigenvalue weighted by molar-refractivity contribution is -0.206. The Hall–Kier alpha value is -0.120. The zero-order chi connectivity index (χ0) is 11.1. The van der Waals surface area contributed by atoms with Gasteiger partial charge in [-0.15, -0.1) is 0 Å². The van der Waals surface area contributed by atoms with Crippen molar-refractivity contribution in [3.05, 3.63) is 0 Å². The molecule has 0 amide bonds. The van der Waals surface area contributed by atoms with E-state index in [1.807, 2.05) is 0 Å². The van der Waals surface area contributed by atoms with Crippen LogP contribution in [0, 0.1) is 11.3 Å². The first-order valence-corrected chi connectivity index (χ1v) is 6.58. The highest BCUT2D eigenvalue weighted by atomic mass is 16.7. The van der Waals surface area contributed by atoms with Crippen LogP contribution in [-0.4, -0.2) is 32.2 Å². The lowest BCUT2D eigenvalue weighted by Crippen LogP contribution is -2.44. The standard InChI is InChI=1S/C13H22O3/c1-12-3-4-13(15-8-9-16-13)10-11(12)2-6-14-7-5-12/h11H,2-10H2,1H3. The summed E-state index contributed by atoms with van der Waals surface area (Å²) in [7, 11) is 0. The van der Waals surface area contributed by atoms with Crippen molar-refractivity contribution in [1.29, 1.82) is 0 Å². The maximum absolute atomic E-state index is 5.85. The van der Waals surface area contributed by atoms with Crippen LogP contribution in [0.1, 0.15) is 39.0 Å². The molecule has 2 aliphatic heterocycles. The normalized spacial score (nSPS) is 42.9. The summed E-state index contributed by atoms with van der Waals surface area (Å²) in [5.74, 6) is 0.482. The van der Waals surface area contributed by atoms with Gasteiger partial charge in [-0.1, -0.05) is 6.92 Å². The molecule has 1 spiro atoms. The quantitative estimate of drug-likeness (QED) is 0.634. The van der Waals surface area contributed by atoms with E-state index in [0.717, 1.165) is 39.3 Å². The zero-order valence-electron chi connectivity index (χ0n) is 10.2. The van der Waals surface area contributed by atoms with E-state index in [-0.39, 0.29) is 5.79 Å². The Morgan fingerprint density at radius 2 is 1.75 bits per heavy atom. The molecule has 92 valence electrons. The summed E-state index contributed by atoms with van der Waals surface area (Å²) in [6.07, 6.45) is 5.74. The monoisotopic (exact) mass is 226 g/mol. The Morgan fingerprint density at radius 1 is 0.938 bits per heavy atom. The number of hydrogen-bond donors (Lipinski definition) is 0. The van der Waals surface area contributed by atoms with Gasteiger partial charge in [0.05, 0.1) is 13.2 Å². The molecule has 2 saturated heterocycles. The van der Waals surface area contributed by atoms with Gasteiger partial charge in [-0.3, -0.25) is 0 Å². The van der Waals surface area contributed by atoms with Gasteiger partial charge in [-0.2, -0.15) is 0 Å². The van der Waals surface area contributed by atoms with Gasteiger partial charge in [0.15, 0.2) is 5.79 Å². The summed E-state index contributed by atoms with van der Waals surface area (Å²) in [5.41, 5.74) is 0.455. The molecular weight excluding hydrogens is 204 g/mol. The van der Waals surface area contributed by atoms with Crippen LogP contribution in [0.4, 0.5) is 0 Å². The molecule has 3 rings (SSSR count). The van der Waals surface area contributed by atoms with Gasteiger partial charge in [-0.05, 0) is 30.6 Å². The maximum Gasteiger partial charge on any atom is 0.168 e. The molecular formula is C13H22O3. The third-order valence-corrected chi connectivity index (χ3v) is 4.86. The maximum atomic E-state index is 5.85. The van der Waals surface area contributed by atoms with Crippen LogP contribution < -0.4 is 0 Å². The minimum atomic E-state index is -0.228. The largest absolute Gasteiger partial charge is 0.381 e. The Kier molecular flexibility index (Phi) is 2.73. The smallest absolute Gasteiger partial charge is 0.168 e. The van der Waals surface area contributed by atoms with Gasteiger partial charge in [0, 0.05) is 26.1 Å². The first-order valence-electron chi connectivity index (χ1n) is 6.58. The van der Waals surface area contributed by atoms with E-state index < -0.39 is 0 Å². The predicted octanol–water partition coefficient (Wildman–Crippen LogP) is 2.35. The van der Waals surface area contributed by atoms with Gasteiger partial charge >= 0.3 is 0 Å². The molecule has 1 saturated carbocycles. The van der Waals surface area contributed by atoms with Crippen LogP contribution >= 0.6 is 0 Å². The number of ether oxygens (including phenoxy) is 3. The second-order valence-corrected chi connectivity index (χ2v) is 5.81. The van der Waals surface area contributed by atoms with Gasteiger partial charge in [0.1, 0.15) is 0 Å². The van der Waals surface area contributed by atoms with E-state index in [4.69, 9.17) is 14.2 Å². The van der Waals surface area contributed by atoms with Gasteiger partial charge in [-0.25, -0.2) is 0 Å². The minimum Gasteiger partial charge on any atom is -0.381 e. The fourth-order valence-electron chi connectivity index (χ4n) is 3.58. The molecule has 3 fully saturated rings. The Balaban J connectivity index is 1.77. The van der Waals surface area contributed by atoms with Crippen molar-refractivity contribution in [2.24, 2.45) is 11.3 Å². The van der Waals surface area contributed by atoms with Crippen LogP contribution in [0.3, 0.4) is 0 Å². The summed E-state index contributed by atoms with van der Waals surface area (Å²) < 4.78 is 17.3. The van der Waals surface area contributed by atoms with Gasteiger partial charge in [0.2, 0.25) is 0 Å². The summed E-state index contributed by atoms with van der Waals surface area (Å²) in [4.78, 5) is 0. The van der Waals surface area contributed by atoms with Crippen LogP contribution in [-0.2, 0) is 14.2 Å². The molecule has 0 bridgehead atoms. The van der Waals surface area contributed by atoms with E-state index in [9.17, 15) is 0 Å². The van der Waals surface area contributed by atoms with E-state index in [2.05, 4.69) is 6.92 Å². The molecule has 2 atom stereocenters. The van der Waals surface area contributed by atoms with Crippen molar-refractivity contribution >= 4 is 0 Å². The van der Waals surface area contributed by atoms with Crippen molar-refractivity contribution in [3.63, 3.8) is 0 Å². The lowest BCUT2D eigenvalue weighted by atomic mass is 9.63. The molecule has 0 radical (unpaired) electrons. The average molecular weight is 226 g/mol. The van der Waals surface area contributed by atoms with E-state index in [1.54, 1.807) is 0 Å². The van der Waals surface area contributed by atoms with Crippen molar-refractivity contribution < 1.29 is 14.2 Å². The molecule has 0 aromatic heterocycles. The molecule has 2 heterocycles. The molecule has 0 N–H and O–H groups in total. The summed E-state index contributed by atoms with van der Waals surface area (Å²) in [6, 6.07) is 0. The van der Waals surface area contributed by atoms with Crippen molar-refractivity contribution in [2.75, 3.05) is 26.4 Å². The highest BCUT2D eigenvalue weighted by molar-refractivity contribution is 4.95. The average Bonchev–Trinajstić information content (AvgIpc) is 2.63.